The minimum atomic E-state index is -4.58. The number of halogens is 5. The number of ether oxygens (including phenoxy) is 2. The summed E-state index contributed by atoms with van der Waals surface area (Å²) >= 11 is 12.3. The van der Waals surface area contributed by atoms with Gasteiger partial charge in [0.15, 0.2) is 0 Å². The molecule has 1 aliphatic heterocycles. The first-order valence-electron chi connectivity index (χ1n) is 13.7. The highest BCUT2D eigenvalue weighted by Crippen LogP contribution is 2.39. The molecule has 8 nitrogen and oxygen atoms in total. The van der Waals surface area contributed by atoms with Crippen molar-refractivity contribution in [2.24, 2.45) is 0 Å². The molecule has 14 heteroatoms. The molecule has 0 unspecified atom stereocenters. The maximum absolute atomic E-state index is 14.0. The maximum Gasteiger partial charge on any atom is 0.416 e. The predicted octanol–water partition coefficient (Wildman–Crippen LogP) is 6.78. The number of hydrogen-bond acceptors (Lipinski definition) is 6. The van der Waals surface area contributed by atoms with E-state index in [1.807, 2.05) is 0 Å². The van der Waals surface area contributed by atoms with Crippen LogP contribution < -0.4 is 14.4 Å². The summed E-state index contributed by atoms with van der Waals surface area (Å²) in [6.07, 6.45) is -4.47. The Kier molecular flexibility index (Phi) is 9.52. The molecule has 1 N–H and O–H groups in total. The number of nitrogens with one attached hydrogen (secondary N) is 1. The average Bonchev–Trinajstić information content (AvgIpc) is 3.43. The minimum Gasteiger partial charge on any atom is -0.492 e. The number of carbonyl (C=O) groups excluding carboxylic acids is 2. The molecule has 1 amide bonds. The molecule has 5 rings (SSSR count). The van der Waals surface area contributed by atoms with Crippen LogP contribution in [0.4, 0.5) is 18.9 Å². The highest BCUT2D eigenvalue weighted by molar-refractivity contribution is 7.93. The molecule has 0 fully saturated rings. The van der Waals surface area contributed by atoms with Crippen molar-refractivity contribution in [2.45, 2.75) is 23.5 Å². The molecule has 4 aromatic carbocycles. The van der Waals surface area contributed by atoms with Crippen LogP contribution >= 0.6 is 23.2 Å². The SMILES string of the molecule is COC(=O)c1ccc(OCCNC(=O)[C@@H]2Cc3ccccc3N2S(=O)(=O)c2ccc(-c3cc(C(F)(F)F)ccc3Cl)cc2)cc1Cl. The van der Waals surface area contributed by atoms with Crippen LogP contribution in [0.1, 0.15) is 21.5 Å². The standard InChI is InChI=1S/C32H25Cl2F3N2O6S/c1-44-31(41)24-12-9-22(18-27(24)34)45-15-14-38-30(40)29-16-20-4-2-3-5-28(20)39(29)46(42,43)23-10-6-19(7-11-23)25-17-21(32(35,36)37)8-13-26(25)33/h2-13,17-18,29H,14-16H2,1H3,(H,38,40)/t29-/m0/s1. The molecule has 0 spiro atoms. The number of para-hydroxylation sites is 1. The minimum absolute atomic E-state index is 0.0195. The largest absolute Gasteiger partial charge is 0.492 e. The van der Waals surface area contributed by atoms with Gasteiger partial charge < -0.3 is 14.8 Å². The number of amides is 1. The number of sulfonamides is 1. The second-order valence-corrected chi connectivity index (χ2v) is 12.8. The summed E-state index contributed by atoms with van der Waals surface area (Å²) < 4.78 is 79.1. The maximum atomic E-state index is 14.0. The smallest absolute Gasteiger partial charge is 0.416 e. The molecule has 1 heterocycles. The molecule has 0 saturated heterocycles. The monoisotopic (exact) mass is 692 g/mol. The van der Waals surface area contributed by atoms with Crippen molar-refractivity contribution in [3.8, 4) is 16.9 Å². The summed E-state index contributed by atoms with van der Waals surface area (Å²) in [5.74, 6) is -0.814. The Morgan fingerprint density at radius 2 is 1.67 bits per heavy atom. The van der Waals surface area contributed by atoms with Crippen molar-refractivity contribution in [2.75, 3.05) is 24.6 Å². The van der Waals surface area contributed by atoms with Crippen molar-refractivity contribution in [3.05, 3.63) is 112 Å². The van der Waals surface area contributed by atoms with Gasteiger partial charge in [-0.25, -0.2) is 13.2 Å². The Morgan fingerprint density at radius 3 is 2.35 bits per heavy atom. The van der Waals surface area contributed by atoms with Crippen LogP contribution in [0.3, 0.4) is 0 Å². The first kappa shape index (κ1) is 33.1. The third kappa shape index (κ3) is 6.79. The zero-order valence-electron chi connectivity index (χ0n) is 24.0. The molecule has 1 aliphatic rings. The van der Waals surface area contributed by atoms with Gasteiger partial charge in [0.2, 0.25) is 5.91 Å². The highest BCUT2D eigenvalue weighted by atomic mass is 35.5. The van der Waals surface area contributed by atoms with Crippen molar-refractivity contribution in [1.29, 1.82) is 0 Å². The van der Waals surface area contributed by atoms with Crippen LogP contribution in [-0.2, 0) is 32.2 Å². The van der Waals surface area contributed by atoms with E-state index in [9.17, 15) is 31.2 Å². The summed E-state index contributed by atoms with van der Waals surface area (Å²) in [5.41, 5.74) is 0.637. The van der Waals surface area contributed by atoms with Gasteiger partial charge in [-0.2, -0.15) is 13.2 Å². The number of alkyl halides is 3. The molecule has 0 bridgehead atoms. The fraction of sp³-hybridized carbons (Fsp3) is 0.188. The van der Waals surface area contributed by atoms with Gasteiger partial charge in [-0.15, -0.1) is 0 Å². The van der Waals surface area contributed by atoms with E-state index >= 15 is 0 Å². The molecule has 46 heavy (non-hydrogen) atoms. The van der Waals surface area contributed by atoms with E-state index in [1.165, 1.54) is 49.6 Å². The summed E-state index contributed by atoms with van der Waals surface area (Å²) in [7, 11) is -3.07. The lowest BCUT2D eigenvalue weighted by molar-refractivity contribution is -0.137. The zero-order chi connectivity index (χ0) is 33.2. The van der Waals surface area contributed by atoms with Crippen LogP contribution in [0.5, 0.6) is 5.75 Å². The van der Waals surface area contributed by atoms with Crippen LogP contribution in [0.25, 0.3) is 11.1 Å². The number of hydrogen-bond donors (Lipinski definition) is 1. The van der Waals surface area contributed by atoms with Gasteiger partial charge in [-0.1, -0.05) is 53.5 Å². The fourth-order valence-corrected chi connectivity index (χ4v) is 7.14. The van der Waals surface area contributed by atoms with Crippen LogP contribution in [0, 0.1) is 0 Å². The number of esters is 1. The first-order chi connectivity index (χ1) is 21.8. The lowest BCUT2D eigenvalue weighted by Crippen LogP contribution is -2.48. The second-order valence-electron chi connectivity index (χ2n) is 10.1. The van der Waals surface area contributed by atoms with Gasteiger partial charge in [0.1, 0.15) is 18.4 Å². The van der Waals surface area contributed by atoms with Gasteiger partial charge >= 0.3 is 12.1 Å². The van der Waals surface area contributed by atoms with Gasteiger partial charge in [-0.05, 0) is 65.7 Å². The molecule has 0 aromatic heterocycles. The van der Waals surface area contributed by atoms with E-state index in [0.717, 1.165) is 22.5 Å². The van der Waals surface area contributed by atoms with Crippen molar-refractivity contribution in [3.63, 3.8) is 0 Å². The lowest BCUT2D eigenvalue weighted by Gasteiger charge is -2.26. The highest BCUT2D eigenvalue weighted by Gasteiger charge is 2.42. The molecule has 240 valence electrons. The molecule has 0 saturated carbocycles. The van der Waals surface area contributed by atoms with Gasteiger partial charge in [0.25, 0.3) is 10.0 Å². The molecule has 1 atom stereocenters. The molecule has 0 radical (unpaired) electrons. The summed E-state index contributed by atoms with van der Waals surface area (Å²) in [5, 5.41) is 2.90. The van der Waals surface area contributed by atoms with Crippen molar-refractivity contribution >= 4 is 50.8 Å². The van der Waals surface area contributed by atoms with Crippen molar-refractivity contribution < 1.29 is 40.7 Å². The Balaban J connectivity index is 1.32. The molecule has 4 aromatic rings. The van der Waals surface area contributed by atoms with Crippen LogP contribution in [0.15, 0.2) is 89.8 Å². The Morgan fingerprint density at radius 1 is 0.957 bits per heavy atom. The number of nitrogens with zero attached hydrogens (tertiary/aromatic N) is 1. The first-order valence-corrected chi connectivity index (χ1v) is 15.9. The number of carbonyl (C=O) groups is 2. The van der Waals surface area contributed by atoms with Crippen molar-refractivity contribution in [1.82, 2.24) is 5.32 Å². The van der Waals surface area contributed by atoms with Gasteiger partial charge in [0.05, 0.1) is 40.4 Å². The van der Waals surface area contributed by atoms with E-state index in [-0.39, 0.29) is 51.2 Å². The Hall–Kier alpha value is -4.26. The number of methoxy groups -OCH3 is 1. The Bertz CT molecular complexity index is 1900. The van der Waals surface area contributed by atoms with E-state index < -0.39 is 39.7 Å². The normalized spacial score (nSPS) is 14.5. The van der Waals surface area contributed by atoms with Gasteiger partial charge in [0, 0.05) is 17.0 Å². The average molecular weight is 694 g/mol. The zero-order valence-corrected chi connectivity index (χ0v) is 26.3. The van der Waals surface area contributed by atoms with Crippen LogP contribution in [0.2, 0.25) is 10.0 Å². The number of rotatable bonds is 9. The Labute approximate surface area is 272 Å². The van der Waals surface area contributed by atoms with Gasteiger partial charge in [-0.3, -0.25) is 9.10 Å². The fourth-order valence-electron chi connectivity index (χ4n) is 5.02. The van der Waals surface area contributed by atoms with E-state index in [4.69, 9.17) is 27.9 Å². The summed E-state index contributed by atoms with van der Waals surface area (Å²) in [4.78, 5) is 24.9. The van der Waals surface area contributed by atoms with E-state index in [0.29, 0.717) is 17.0 Å². The summed E-state index contributed by atoms with van der Waals surface area (Å²) in [6.45, 7) is 0.0496. The third-order valence-electron chi connectivity index (χ3n) is 7.26. The topological polar surface area (TPSA) is 102 Å². The van der Waals surface area contributed by atoms with E-state index in [1.54, 1.807) is 24.3 Å². The molecule has 0 aliphatic carbocycles. The molecular weight excluding hydrogens is 668 g/mol. The lowest BCUT2D eigenvalue weighted by atomic mass is 10.0. The number of fused-ring (bicyclic) bond motifs is 1. The van der Waals surface area contributed by atoms with E-state index in [2.05, 4.69) is 10.1 Å². The second kappa shape index (κ2) is 13.2. The van der Waals surface area contributed by atoms with Crippen LogP contribution in [-0.4, -0.2) is 46.6 Å². The quantitative estimate of drug-likeness (QED) is 0.153. The third-order valence-corrected chi connectivity index (χ3v) is 9.74. The number of benzene rings is 4. The predicted molar refractivity (Wildman–Crippen MR) is 167 cm³/mol. The molecular formula is C32H25Cl2F3N2O6S. The number of anilines is 1. The summed E-state index contributed by atoms with van der Waals surface area (Å²) in [6, 6.07) is 18.2.